The molecule has 0 aliphatic heterocycles. The number of hydrogen-bond acceptors (Lipinski definition) is 3. The fourth-order valence-corrected chi connectivity index (χ4v) is 2.65. The summed E-state index contributed by atoms with van der Waals surface area (Å²) in [5.41, 5.74) is 0. The van der Waals surface area contributed by atoms with Crippen LogP contribution >= 0.6 is 15.9 Å². The molecule has 0 unspecified atom stereocenters. The van der Waals surface area contributed by atoms with Gasteiger partial charge in [0.15, 0.2) is 11.6 Å². The maximum Gasteiger partial charge on any atom is 0.263 e. The van der Waals surface area contributed by atoms with E-state index in [-0.39, 0.29) is 10.7 Å². The number of sulfonamides is 1. The third kappa shape index (κ3) is 3.27. The van der Waals surface area contributed by atoms with Crippen LogP contribution < -0.4 is 4.72 Å². The van der Waals surface area contributed by atoms with Crippen LogP contribution in [0.1, 0.15) is 0 Å². The molecule has 1 N–H and O–H groups in total. The van der Waals surface area contributed by atoms with Crippen molar-refractivity contribution in [2.24, 2.45) is 0 Å². The molecule has 2 rings (SSSR count). The summed E-state index contributed by atoms with van der Waals surface area (Å²) in [6, 6.07) is 5.39. The first-order valence-corrected chi connectivity index (χ1v) is 7.25. The van der Waals surface area contributed by atoms with E-state index < -0.39 is 21.7 Å². The highest BCUT2D eigenvalue weighted by Crippen LogP contribution is 2.19. The zero-order chi connectivity index (χ0) is 14.0. The highest BCUT2D eigenvalue weighted by Gasteiger charge is 2.17. The number of anilines is 1. The van der Waals surface area contributed by atoms with Crippen LogP contribution in [0.5, 0.6) is 0 Å². The summed E-state index contributed by atoms with van der Waals surface area (Å²) in [5.74, 6) is -2.27. The molecule has 1 aromatic carbocycles. The molecule has 2 aromatic rings. The van der Waals surface area contributed by atoms with E-state index in [1.54, 1.807) is 6.07 Å². The number of hydrogen-bond donors (Lipinski definition) is 1. The predicted molar refractivity (Wildman–Crippen MR) is 69.1 cm³/mol. The first-order chi connectivity index (χ1) is 8.88. The van der Waals surface area contributed by atoms with E-state index in [0.717, 1.165) is 12.1 Å². The third-order valence-corrected chi connectivity index (χ3v) is 4.01. The molecule has 0 saturated carbocycles. The monoisotopic (exact) mass is 348 g/mol. The molecule has 4 nitrogen and oxygen atoms in total. The normalized spacial score (nSPS) is 11.3. The number of nitrogens with zero attached hydrogens (tertiary/aromatic N) is 1. The molecule has 0 aliphatic carbocycles. The maximum absolute atomic E-state index is 13.0. The van der Waals surface area contributed by atoms with Gasteiger partial charge in [-0.15, -0.1) is 0 Å². The molecular weight excluding hydrogens is 342 g/mol. The predicted octanol–water partition coefficient (Wildman–Crippen LogP) is 2.92. The van der Waals surface area contributed by atoms with E-state index in [2.05, 4.69) is 25.6 Å². The molecule has 0 fully saturated rings. The lowest BCUT2D eigenvalue weighted by atomic mass is 10.3. The molecule has 100 valence electrons. The van der Waals surface area contributed by atoms with Crippen LogP contribution in [0.4, 0.5) is 14.6 Å². The Morgan fingerprint density at radius 3 is 2.47 bits per heavy atom. The van der Waals surface area contributed by atoms with Gasteiger partial charge in [0.25, 0.3) is 10.0 Å². The first kappa shape index (κ1) is 13.9. The second-order valence-electron chi connectivity index (χ2n) is 3.54. The number of aromatic nitrogens is 1. The lowest BCUT2D eigenvalue weighted by molar-refractivity contribution is 0.504. The highest BCUT2D eigenvalue weighted by atomic mass is 79.9. The van der Waals surface area contributed by atoms with Gasteiger partial charge < -0.3 is 0 Å². The van der Waals surface area contributed by atoms with Crippen LogP contribution in [-0.2, 0) is 10.0 Å². The molecule has 0 amide bonds. The summed E-state index contributed by atoms with van der Waals surface area (Å²) in [4.78, 5) is 3.42. The topological polar surface area (TPSA) is 59.1 Å². The van der Waals surface area contributed by atoms with Crippen molar-refractivity contribution < 1.29 is 17.2 Å². The standard InChI is InChI=1S/C11H7BrF2N2O2S/c12-7-3-4-15-11(5-7)16-19(17,18)8-1-2-9(13)10(14)6-8/h1-6H,(H,15,16). The van der Waals surface area contributed by atoms with Gasteiger partial charge in [-0.25, -0.2) is 22.2 Å². The Morgan fingerprint density at radius 1 is 1.11 bits per heavy atom. The van der Waals surface area contributed by atoms with Crippen LogP contribution in [0.3, 0.4) is 0 Å². The second kappa shape index (κ2) is 5.22. The van der Waals surface area contributed by atoms with E-state index in [9.17, 15) is 17.2 Å². The average Bonchev–Trinajstić information content (AvgIpc) is 2.32. The highest BCUT2D eigenvalue weighted by molar-refractivity contribution is 9.10. The van der Waals surface area contributed by atoms with Crippen molar-refractivity contribution in [3.05, 3.63) is 52.6 Å². The molecule has 0 spiro atoms. The Bertz CT molecular complexity index is 722. The van der Waals surface area contributed by atoms with Gasteiger partial charge >= 0.3 is 0 Å². The first-order valence-electron chi connectivity index (χ1n) is 4.98. The summed E-state index contributed by atoms with van der Waals surface area (Å²) in [6.45, 7) is 0. The molecular formula is C11H7BrF2N2O2S. The lowest BCUT2D eigenvalue weighted by Gasteiger charge is -2.07. The molecule has 1 heterocycles. The van der Waals surface area contributed by atoms with Crippen LogP contribution in [0.15, 0.2) is 45.9 Å². The summed E-state index contributed by atoms with van der Waals surface area (Å²) >= 11 is 3.16. The molecule has 1 aromatic heterocycles. The molecule has 0 atom stereocenters. The lowest BCUT2D eigenvalue weighted by Crippen LogP contribution is -2.14. The number of halogens is 3. The summed E-state index contributed by atoms with van der Waals surface area (Å²) in [6.07, 6.45) is 1.40. The molecule has 0 aliphatic rings. The van der Waals surface area contributed by atoms with Gasteiger partial charge in [-0.3, -0.25) is 4.72 Å². The molecule has 0 radical (unpaired) electrons. The average molecular weight is 349 g/mol. The number of rotatable bonds is 3. The van der Waals surface area contributed by atoms with E-state index in [1.165, 1.54) is 12.3 Å². The van der Waals surface area contributed by atoms with Crippen LogP contribution in [0.25, 0.3) is 0 Å². The zero-order valence-corrected chi connectivity index (χ0v) is 11.7. The van der Waals surface area contributed by atoms with Gasteiger partial charge in [0, 0.05) is 10.7 Å². The third-order valence-electron chi connectivity index (χ3n) is 2.16. The molecule has 0 bridgehead atoms. The smallest absolute Gasteiger partial charge is 0.263 e. The van der Waals surface area contributed by atoms with Gasteiger partial charge in [0.1, 0.15) is 5.82 Å². The van der Waals surface area contributed by atoms with Crippen molar-refractivity contribution in [3.63, 3.8) is 0 Å². The van der Waals surface area contributed by atoms with Gasteiger partial charge in [-0.2, -0.15) is 0 Å². The van der Waals surface area contributed by atoms with E-state index in [0.29, 0.717) is 10.5 Å². The van der Waals surface area contributed by atoms with Gasteiger partial charge in [0.05, 0.1) is 4.90 Å². The second-order valence-corrected chi connectivity index (χ2v) is 6.14. The Balaban J connectivity index is 2.35. The van der Waals surface area contributed by atoms with Gasteiger partial charge in [-0.1, -0.05) is 15.9 Å². The van der Waals surface area contributed by atoms with Crippen LogP contribution in [0, 0.1) is 11.6 Å². The minimum absolute atomic E-state index is 0.0686. The summed E-state index contributed by atoms with van der Waals surface area (Å²) < 4.78 is 52.4. The van der Waals surface area contributed by atoms with E-state index >= 15 is 0 Å². The molecule has 8 heteroatoms. The van der Waals surface area contributed by atoms with Crippen molar-refractivity contribution in [1.82, 2.24) is 4.98 Å². The quantitative estimate of drug-likeness (QED) is 0.927. The van der Waals surface area contributed by atoms with Gasteiger partial charge in [-0.05, 0) is 30.3 Å². The van der Waals surface area contributed by atoms with Crippen molar-refractivity contribution >= 4 is 31.8 Å². The number of nitrogens with one attached hydrogen (secondary N) is 1. The number of benzene rings is 1. The summed E-state index contributed by atoms with van der Waals surface area (Å²) in [7, 11) is -4.01. The largest absolute Gasteiger partial charge is 0.263 e. The Labute approximate surface area is 116 Å². The van der Waals surface area contributed by atoms with Crippen LogP contribution in [-0.4, -0.2) is 13.4 Å². The Hall–Kier alpha value is -1.54. The van der Waals surface area contributed by atoms with E-state index in [4.69, 9.17) is 0 Å². The van der Waals surface area contributed by atoms with Crippen molar-refractivity contribution in [2.75, 3.05) is 4.72 Å². The fraction of sp³-hybridized carbons (Fsp3) is 0. The molecule has 19 heavy (non-hydrogen) atoms. The summed E-state index contributed by atoms with van der Waals surface area (Å²) in [5, 5.41) is 0. The van der Waals surface area contributed by atoms with Crippen molar-refractivity contribution in [1.29, 1.82) is 0 Å². The van der Waals surface area contributed by atoms with E-state index in [1.807, 2.05) is 0 Å². The Kier molecular flexibility index (Phi) is 3.81. The van der Waals surface area contributed by atoms with Crippen molar-refractivity contribution in [2.45, 2.75) is 4.90 Å². The minimum Gasteiger partial charge on any atom is -0.263 e. The number of pyridine rings is 1. The van der Waals surface area contributed by atoms with Crippen LogP contribution in [0.2, 0.25) is 0 Å². The zero-order valence-electron chi connectivity index (χ0n) is 9.27. The SMILES string of the molecule is O=S(=O)(Nc1cc(Br)ccn1)c1ccc(F)c(F)c1. The fourth-order valence-electron chi connectivity index (χ4n) is 1.30. The van der Waals surface area contributed by atoms with Crippen molar-refractivity contribution in [3.8, 4) is 0 Å². The molecule has 0 saturated heterocycles. The Morgan fingerprint density at radius 2 is 1.84 bits per heavy atom. The minimum atomic E-state index is -4.01. The maximum atomic E-state index is 13.0. The van der Waals surface area contributed by atoms with Gasteiger partial charge in [0.2, 0.25) is 0 Å².